The molecular weight excluding hydrogens is 383 g/mol. The largest absolute Gasteiger partial charge is 0.496 e. The number of hydrogen-bond donors (Lipinski definition) is 1. The molecule has 0 aromatic heterocycles. The van der Waals surface area contributed by atoms with Crippen LogP contribution in [-0.2, 0) is 9.59 Å². The molecule has 2 amide bonds. The smallest absolute Gasteiger partial charge is 0.282 e. The second-order valence-electron chi connectivity index (χ2n) is 6.86. The fourth-order valence-electron chi connectivity index (χ4n) is 3.35. The maximum absolute atomic E-state index is 13.4. The number of nitrogens with zero attached hydrogens (tertiary/aromatic N) is 1. The Morgan fingerprint density at radius 1 is 0.867 bits per heavy atom. The quantitative estimate of drug-likeness (QED) is 0.637. The van der Waals surface area contributed by atoms with Gasteiger partial charge < -0.3 is 10.1 Å². The normalized spacial score (nSPS) is 13.8. The summed E-state index contributed by atoms with van der Waals surface area (Å²) in [4.78, 5) is 27.9. The van der Waals surface area contributed by atoms with Gasteiger partial charge in [-0.2, -0.15) is 0 Å². The maximum atomic E-state index is 13.4. The van der Waals surface area contributed by atoms with Crippen LogP contribution in [-0.4, -0.2) is 18.9 Å². The number of carbonyl (C=O) groups excluding carboxylic acids is 2. The third-order valence-corrected chi connectivity index (χ3v) is 4.87. The first-order valence-electron chi connectivity index (χ1n) is 9.35. The van der Waals surface area contributed by atoms with E-state index in [1.54, 1.807) is 36.4 Å². The number of amides is 2. The van der Waals surface area contributed by atoms with E-state index in [9.17, 15) is 14.0 Å². The van der Waals surface area contributed by atoms with Crippen molar-refractivity contribution in [2.24, 2.45) is 0 Å². The topological polar surface area (TPSA) is 58.6 Å². The highest BCUT2D eigenvalue weighted by molar-refractivity contribution is 6.46. The zero-order chi connectivity index (χ0) is 21.3. The Morgan fingerprint density at radius 2 is 1.53 bits per heavy atom. The van der Waals surface area contributed by atoms with Gasteiger partial charge in [0.2, 0.25) is 0 Å². The minimum atomic E-state index is -0.492. The minimum absolute atomic E-state index is 0.108. The highest BCUT2D eigenvalue weighted by atomic mass is 19.1. The molecule has 3 aromatic rings. The van der Waals surface area contributed by atoms with Crippen LogP contribution >= 0.6 is 0 Å². The Hall–Kier alpha value is -3.93. The van der Waals surface area contributed by atoms with Crippen LogP contribution in [0.3, 0.4) is 0 Å². The van der Waals surface area contributed by atoms with Crippen molar-refractivity contribution >= 4 is 28.8 Å². The number of methoxy groups -OCH3 is 1. The predicted molar refractivity (Wildman–Crippen MR) is 114 cm³/mol. The van der Waals surface area contributed by atoms with Crippen LogP contribution in [0.4, 0.5) is 15.8 Å². The van der Waals surface area contributed by atoms with Gasteiger partial charge in [0, 0.05) is 11.3 Å². The minimum Gasteiger partial charge on any atom is -0.496 e. The van der Waals surface area contributed by atoms with E-state index in [4.69, 9.17) is 4.74 Å². The molecule has 0 saturated heterocycles. The third-order valence-electron chi connectivity index (χ3n) is 4.87. The van der Waals surface area contributed by atoms with Crippen molar-refractivity contribution in [2.75, 3.05) is 17.3 Å². The number of anilines is 2. The summed E-state index contributed by atoms with van der Waals surface area (Å²) in [5.41, 5.74) is 2.78. The molecule has 3 aromatic carbocycles. The van der Waals surface area contributed by atoms with Gasteiger partial charge in [-0.25, -0.2) is 9.29 Å². The summed E-state index contributed by atoms with van der Waals surface area (Å²) in [6, 6.07) is 19.7. The fraction of sp³-hybridized carbons (Fsp3) is 0.0833. The van der Waals surface area contributed by atoms with Crippen molar-refractivity contribution in [3.8, 4) is 5.75 Å². The summed E-state index contributed by atoms with van der Waals surface area (Å²) < 4.78 is 18.7. The fourth-order valence-corrected chi connectivity index (χ4v) is 3.35. The van der Waals surface area contributed by atoms with Crippen molar-refractivity contribution < 1.29 is 18.7 Å². The lowest BCUT2D eigenvalue weighted by atomic mass is 10.0. The predicted octanol–water partition coefficient (Wildman–Crippen LogP) is 4.54. The Labute approximate surface area is 173 Å². The Balaban J connectivity index is 1.85. The summed E-state index contributed by atoms with van der Waals surface area (Å²) in [5, 5.41) is 3.00. The van der Waals surface area contributed by atoms with Crippen molar-refractivity contribution in [1.82, 2.24) is 0 Å². The molecule has 1 aliphatic heterocycles. The van der Waals surface area contributed by atoms with Crippen molar-refractivity contribution in [3.05, 3.63) is 95.4 Å². The number of ether oxygens (including phenoxy) is 1. The third kappa shape index (κ3) is 3.43. The molecule has 150 valence electrons. The van der Waals surface area contributed by atoms with Gasteiger partial charge in [0.25, 0.3) is 11.8 Å². The molecule has 6 heteroatoms. The van der Waals surface area contributed by atoms with E-state index >= 15 is 0 Å². The summed E-state index contributed by atoms with van der Waals surface area (Å²) in [5.74, 6) is -0.876. The van der Waals surface area contributed by atoms with E-state index in [1.807, 2.05) is 19.1 Å². The Kier molecular flexibility index (Phi) is 5.06. The Morgan fingerprint density at radius 3 is 2.20 bits per heavy atom. The summed E-state index contributed by atoms with van der Waals surface area (Å²) in [6.07, 6.45) is 0. The molecule has 0 saturated carbocycles. The number of benzene rings is 3. The first kappa shape index (κ1) is 19.4. The van der Waals surface area contributed by atoms with Gasteiger partial charge in [0.05, 0.1) is 18.4 Å². The number of hydrogen-bond acceptors (Lipinski definition) is 4. The molecule has 0 aliphatic carbocycles. The number of imide groups is 1. The summed E-state index contributed by atoms with van der Waals surface area (Å²) in [7, 11) is 1.51. The van der Waals surface area contributed by atoms with Gasteiger partial charge in [-0.3, -0.25) is 9.59 Å². The van der Waals surface area contributed by atoms with E-state index in [0.29, 0.717) is 22.7 Å². The van der Waals surface area contributed by atoms with Crippen LogP contribution in [0.15, 0.2) is 78.5 Å². The molecule has 1 N–H and O–H groups in total. The van der Waals surface area contributed by atoms with E-state index in [1.165, 1.54) is 31.4 Å². The van der Waals surface area contributed by atoms with Gasteiger partial charge in [-0.15, -0.1) is 0 Å². The number of rotatable bonds is 5. The van der Waals surface area contributed by atoms with Crippen molar-refractivity contribution in [2.45, 2.75) is 6.92 Å². The van der Waals surface area contributed by atoms with Gasteiger partial charge in [-0.05, 0) is 49.4 Å². The molecule has 0 radical (unpaired) electrons. The second-order valence-corrected chi connectivity index (χ2v) is 6.86. The van der Waals surface area contributed by atoms with Crippen molar-refractivity contribution in [3.63, 3.8) is 0 Å². The number of halogens is 1. The number of para-hydroxylation sites is 1. The molecule has 1 aliphatic rings. The molecule has 0 unspecified atom stereocenters. The lowest BCUT2D eigenvalue weighted by molar-refractivity contribution is -0.120. The molecule has 0 bridgehead atoms. The van der Waals surface area contributed by atoms with E-state index in [-0.39, 0.29) is 11.3 Å². The monoisotopic (exact) mass is 402 g/mol. The maximum Gasteiger partial charge on any atom is 0.282 e. The van der Waals surface area contributed by atoms with Crippen LogP contribution in [0.1, 0.15) is 11.1 Å². The average Bonchev–Trinajstić information content (AvgIpc) is 3.00. The zero-order valence-corrected chi connectivity index (χ0v) is 16.5. The number of nitrogens with one attached hydrogen (secondary N) is 1. The number of aryl methyl sites for hydroxylation is 1. The van der Waals surface area contributed by atoms with Gasteiger partial charge in [0.15, 0.2) is 0 Å². The lowest BCUT2D eigenvalue weighted by Gasteiger charge is -2.16. The van der Waals surface area contributed by atoms with E-state index in [2.05, 4.69) is 5.32 Å². The van der Waals surface area contributed by atoms with E-state index < -0.39 is 17.6 Å². The highest BCUT2D eigenvalue weighted by Crippen LogP contribution is 2.37. The first-order valence-corrected chi connectivity index (χ1v) is 9.35. The molecule has 1 heterocycles. The first-order chi connectivity index (χ1) is 14.5. The molecule has 30 heavy (non-hydrogen) atoms. The molecule has 0 spiro atoms. The molecule has 0 atom stereocenters. The molecule has 5 nitrogen and oxygen atoms in total. The highest BCUT2D eigenvalue weighted by Gasteiger charge is 2.41. The van der Waals surface area contributed by atoms with Gasteiger partial charge in [-0.1, -0.05) is 35.9 Å². The second kappa shape index (κ2) is 7.83. The van der Waals surface area contributed by atoms with Gasteiger partial charge >= 0.3 is 0 Å². The SMILES string of the molecule is COc1ccccc1C1=C(Nc2ccc(F)cc2)C(=O)N(c2ccc(C)cc2)C1=O. The zero-order valence-electron chi connectivity index (χ0n) is 16.5. The van der Waals surface area contributed by atoms with Crippen LogP contribution in [0.2, 0.25) is 0 Å². The van der Waals surface area contributed by atoms with Crippen LogP contribution in [0, 0.1) is 12.7 Å². The summed E-state index contributed by atoms with van der Waals surface area (Å²) >= 11 is 0. The lowest BCUT2D eigenvalue weighted by Crippen LogP contribution is -2.32. The van der Waals surface area contributed by atoms with Crippen LogP contribution in [0.5, 0.6) is 5.75 Å². The van der Waals surface area contributed by atoms with E-state index in [0.717, 1.165) is 10.5 Å². The van der Waals surface area contributed by atoms with Crippen LogP contribution in [0.25, 0.3) is 5.57 Å². The van der Waals surface area contributed by atoms with Crippen LogP contribution < -0.4 is 15.0 Å². The molecule has 0 fully saturated rings. The van der Waals surface area contributed by atoms with Crippen molar-refractivity contribution in [1.29, 1.82) is 0 Å². The molecule has 4 rings (SSSR count). The Bertz CT molecular complexity index is 1150. The van der Waals surface area contributed by atoms with Gasteiger partial charge in [0.1, 0.15) is 17.3 Å². The number of carbonyl (C=O) groups is 2. The average molecular weight is 402 g/mol. The summed E-state index contributed by atoms with van der Waals surface area (Å²) in [6.45, 7) is 1.93. The standard InChI is InChI=1S/C24H19FN2O3/c1-15-7-13-18(14-8-15)27-23(28)21(19-5-3-4-6-20(19)30-2)22(24(27)29)26-17-11-9-16(25)10-12-17/h3-14,26H,1-2H3. The molecular formula is C24H19FN2O3.